The number of likely N-dealkylation sites (tertiary alicyclic amines) is 1. The zero-order valence-electron chi connectivity index (χ0n) is 12.2. The molecule has 1 fully saturated rings. The predicted octanol–water partition coefficient (Wildman–Crippen LogP) is 2.61. The van der Waals surface area contributed by atoms with Crippen molar-refractivity contribution in [3.05, 3.63) is 71.8 Å². The fraction of sp³-hybridized carbons (Fsp3) is 0.278. The molecule has 2 aromatic rings. The Morgan fingerprint density at radius 3 is 1.90 bits per heavy atom. The smallest absolute Gasteiger partial charge is 0.148 e. The molecule has 1 aliphatic rings. The van der Waals surface area contributed by atoms with Crippen molar-refractivity contribution in [2.75, 3.05) is 13.1 Å². The van der Waals surface area contributed by atoms with Crippen molar-refractivity contribution in [1.82, 2.24) is 4.90 Å². The quantitative estimate of drug-likeness (QED) is 0.941. The zero-order valence-corrected chi connectivity index (χ0v) is 12.2. The van der Waals surface area contributed by atoms with Gasteiger partial charge in [0.15, 0.2) is 0 Å². The SMILES string of the molecule is NCc1ccccc1.O=C1CCN(Cc2ccccc2)C1. The number of hydrogen-bond acceptors (Lipinski definition) is 3. The highest BCUT2D eigenvalue weighted by Crippen LogP contribution is 2.09. The van der Waals surface area contributed by atoms with Crippen molar-refractivity contribution in [1.29, 1.82) is 0 Å². The Hall–Kier alpha value is -1.97. The van der Waals surface area contributed by atoms with Crippen molar-refractivity contribution >= 4 is 5.78 Å². The fourth-order valence-electron chi connectivity index (χ4n) is 2.28. The minimum absolute atomic E-state index is 0.371. The molecule has 3 rings (SSSR count). The summed E-state index contributed by atoms with van der Waals surface area (Å²) < 4.78 is 0. The number of Topliss-reactive ketones (excluding diaryl/α,β-unsaturated/α-hetero) is 1. The molecule has 0 radical (unpaired) electrons. The van der Waals surface area contributed by atoms with Crippen LogP contribution in [-0.4, -0.2) is 23.8 Å². The summed E-state index contributed by atoms with van der Waals surface area (Å²) in [6, 6.07) is 20.3. The average molecular weight is 282 g/mol. The summed E-state index contributed by atoms with van der Waals surface area (Å²) in [7, 11) is 0. The standard InChI is InChI=1S/C11H13NO.C7H9N/c13-11-6-7-12(9-11)8-10-4-2-1-3-5-10;8-6-7-4-2-1-3-5-7/h1-5H,6-9H2;1-5H,6,8H2. The monoisotopic (exact) mass is 282 g/mol. The van der Waals surface area contributed by atoms with Crippen molar-refractivity contribution in [3.8, 4) is 0 Å². The first-order valence-electron chi connectivity index (χ1n) is 7.30. The van der Waals surface area contributed by atoms with Crippen LogP contribution in [0.4, 0.5) is 0 Å². The average Bonchev–Trinajstić information content (AvgIpc) is 2.95. The van der Waals surface area contributed by atoms with Gasteiger partial charge in [0.2, 0.25) is 0 Å². The molecule has 21 heavy (non-hydrogen) atoms. The molecule has 0 bridgehead atoms. The third-order valence-corrected chi connectivity index (χ3v) is 3.43. The summed E-state index contributed by atoms with van der Waals surface area (Å²) in [5.74, 6) is 0.371. The van der Waals surface area contributed by atoms with E-state index in [1.54, 1.807) is 0 Å². The first-order chi connectivity index (χ1) is 10.3. The van der Waals surface area contributed by atoms with E-state index in [-0.39, 0.29) is 0 Å². The lowest BCUT2D eigenvalue weighted by molar-refractivity contribution is -0.116. The Morgan fingerprint density at radius 2 is 1.48 bits per heavy atom. The second kappa shape index (κ2) is 8.35. The molecule has 0 atom stereocenters. The summed E-state index contributed by atoms with van der Waals surface area (Å²) >= 11 is 0. The van der Waals surface area contributed by atoms with Gasteiger partial charge in [0.25, 0.3) is 0 Å². The Morgan fingerprint density at radius 1 is 0.905 bits per heavy atom. The van der Waals surface area contributed by atoms with E-state index in [2.05, 4.69) is 17.0 Å². The molecule has 0 amide bonds. The minimum atomic E-state index is 0.371. The molecule has 0 unspecified atom stereocenters. The number of carbonyl (C=O) groups is 1. The molecular weight excluding hydrogens is 260 g/mol. The maximum Gasteiger partial charge on any atom is 0.148 e. The molecule has 1 saturated heterocycles. The van der Waals surface area contributed by atoms with Gasteiger partial charge in [-0.1, -0.05) is 60.7 Å². The van der Waals surface area contributed by atoms with E-state index in [9.17, 15) is 4.79 Å². The molecule has 2 aromatic carbocycles. The van der Waals surface area contributed by atoms with Crippen LogP contribution in [-0.2, 0) is 17.9 Å². The first kappa shape index (κ1) is 15.4. The molecule has 2 N–H and O–H groups in total. The second-order valence-corrected chi connectivity index (χ2v) is 5.17. The number of hydrogen-bond donors (Lipinski definition) is 1. The molecule has 3 heteroatoms. The van der Waals surface area contributed by atoms with E-state index in [1.807, 2.05) is 48.5 Å². The Kier molecular flexibility index (Phi) is 6.13. The minimum Gasteiger partial charge on any atom is -0.326 e. The molecule has 0 spiro atoms. The summed E-state index contributed by atoms with van der Waals surface area (Å²) in [6.07, 6.45) is 0.729. The van der Waals surface area contributed by atoms with Crippen molar-refractivity contribution in [3.63, 3.8) is 0 Å². The Balaban J connectivity index is 0.000000173. The van der Waals surface area contributed by atoms with Gasteiger partial charge in [-0.15, -0.1) is 0 Å². The third kappa shape index (κ3) is 5.50. The maximum atomic E-state index is 11.0. The van der Waals surface area contributed by atoms with Crippen LogP contribution >= 0.6 is 0 Å². The zero-order chi connectivity index (χ0) is 14.9. The number of ketones is 1. The van der Waals surface area contributed by atoms with Crippen LogP contribution in [0.1, 0.15) is 17.5 Å². The Labute approximate surface area is 126 Å². The van der Waals surface area contributed by atoms with Gasteiger partial charge in [-0.3, -0.25) is 9.69 Å². The molecule has 110 valence electrons. The number of nitrogens with zero attached hydrogens (tertiary/aromatic N) is 1. The van der Waals surface area contributed by atoms with Crippen LogP contribution in [0.3, 0.4) is 0 Å². The number of nitrogens with two attached hydrogens (primary N) is 1. The van der Waals surface area contributed by atoms with E-state index in [1.165, 1.54) is 11.1 Å². The van der Waals surface area contributed by atoms with Crippen LogP contribution in [0, 0.1) is 0 Å². The van der Waals surface area contributed by atoms with E-state index in [0.29, 0.717) is 18.9 Å². The van der Waals surface area contributed by atoms with Crippen molar-refractivity contribution < 1.29 is 4.79 Å². The van der Waals surface area contributed by atoms with Gasteiger partial charge in [0.1, 0.15) is 5.78 Å². The fourth-order valence-corrected chi connectivity index (χ4v) is 2.28. The van der Waals surface area contributed by atoms with E-state index < -0.39 is 0 Å². The molecule has 0 aliphatic carbocycles. The van der Waals surface area contributed by atoms with Crippen LogP contribution in [0.2, 0.25) is 0 Å². The van der Waals surface area contributed by atoms with Gasteiger partial charge < -0.3 is 5.73 Å². The Bertz CT molecular complexity index is 540. The molecule has 3 nitrogen and oxygen atoms in total. The second-order valence-electron chi connectivity index (χ2n) is 5.17. The van der Waals surface area contributed by atoms with Crippen molar-refractivity contribution in [2.24, 2.45) is 5.73 Å². The molecule has 1 aliphatic heterocycles. The number of carbonyl (C=O) groups excluding carboxylic acids is 1. The van der Waals surface area contributed by atoms with Crippen LogP contribution in [0.25, 0.3) is 0 Å². The highest BCUT2D eigenvalue weighted by atomic mass is 16.1. The van der Waals surface area contributed by atoms with E-state index in [4.69, 9.17) is 5.73 Å². The molecule has 0 aromatic heterocycles. The van der Waals surface area contributed by atoms with E-state index >= 15 is 0 Å². The summed E-state index contributed by atoms with van der Waals surface area (Å²) in [6.45, 7) is 3.11. The van der Waals surface area contributed by atoms with Crippen LogP contribution < -0.4 is 5.73 Å². The lowest BCUT2D eigenvalue weighted by Gasteiger charge is -2.12. The lowest BCUT2D eigenvalue weighted by Crippen LogP contribution is -2.19. The number of rotatable bonds is 3. The van der Waals surface area contributed by atoms with Crippen LogP contribution in [0.15, 0.2) is 60.7 Å². The predicted molar refractivity (Wildman–Crippen MR) is 85.7 cm³/mol. The summed E-state index contributed by atoms with van der Waals surface area (Å²) in [5, 5.41) is 0. The normalized spacial score (nSPS) is 14.6. The topological polar surface area (TPSA) is 46.3 Å². The summed E-state index contributed by atoms with van der Waals surface area (Å²) in [5.41, 5.74) is 7.83. The molecule has 1 heterocycles. The van der Waals surface area contributed by atoms with Gasteiger partial charge >= 0.3 is 0 Å². The first-order valence-corrected chi connectivity index (χ1v) is 7.30. The molecule has 0 saturated carbocycles. The molecular formula is C18H22N2O. The van der Waals surface area contributed by atoms with Gasteiger partial charge in [-0.25, -0.2) is 0 Å². The number of benzene rings is 2. The largest absolute Gasteiger partial charge is 0.326 e. The summed E-state index contributed by atoms with van der Waals surface area (Å²) in [4.78, 5) is 13.2. The highest BCUT2D eigenvalue weighted by Gasteiger charge is 2.18. The lowest BCUT2D eigenvalue weighted by atomic mass is 10.2. The van der Waals surface area contributed by atoms with E-state index in [0.717, 1.165) is 19.5 Å². The van der Waals surface area contributed by atoms with Gasteiger partial charge in [0.05, 0.1) is 6.54 Å². The highest BCUT2D eigenvalue weighted by molar-refractivity contribution is 5.82. The van der Waals surface area contributed by atoms with Gasteiger partial charge in [0, 0.05) is 26.1 Å². The van der Waals surface area contributed by atoms with Gasteiger partial charge in [-0.05, 0) is 11.1 Å². The third-order valence-electron chi connectivity index (χ3n) is 3.43. The van der Waals surface area contributed by atoms with Gasteiger partial charge in [-0.2, -0.15) is 0 Å². The maximum absolute atomic E-state index is 11.0. The van der Waals surface area contributed by atoms with Crippen molar-refractivity contribution in [2.45, 2.75) is 19.5 Å². The van der Waals surface area contributed by atoms with Crippen LogP contribution in [0.5, 0.6) is 0 Å².